The molecule has 0 aliphatic carbocycles. The van der Waals surface area contributed by atoms with Crippen LogP contribution in [0.25, 0.3) is 0 Å². The largest absolute Gasteiger partial charge is 0.360 e. The molecular formula is C23H31N4O2+. The quantitative estimate of drug-likeness (QED) is 0.718. The fraction of sp³-hybridized carbons (Fsp3) is 0.391. The molecule has 6 nitrogen and oxygen atoms in total. The number of nitrogens with zero attached hydrogens (tertiary/aromatic N) is 1. The minimum absolute atomic E-state index is 0.231. The Morgan fingerprint density at radius 3 is 2.41 bits per heavy atom. The highest BCUT2D eigenvalue weighted by Gasteiger charge is 2.30. The van der Waals surface area contributed by atoms with Crippen molar-refractivity contribution in [1.82, 2.24) is 10.6 Å². The maximum Gasteiger partial charge on any atom is 0.321 e. The predicted molar refractivity (Wildman–Crippen MR) is 115 cm³/mol. The number of imide groups is 1. The Morgan fingerprint density at radius 2 is 1.72 bits per heavy atom. The van der Waals surface area contributed by atoms with Gasteiger partial charge in [-0.2, -0.15) is 0 Å². The number of urea groups is 1. The standard InChI is InChI=1S/C23H30N4O2/c1-17-8-7-11-21(18(17)2)27-14-12-26(13-15-27)19(3)22(28)25-23(29)24-16-20-9-5-4-6-10-20/h4-11,19H,12-16H2,1-3H3,(H2,24,25,28,29)/p+1/t19-/m1/s1. The molecule has 0 radical (unpaired) electrons. The van der Waals surface area contributed by atoms with Crippen LogP contribution in [-0.4, -0.2) is 44.2 Å². The summed E-state index contributed by atoms with van der Waals surface area (Å²) in [6.07, 6.45) is 0. The van der Waals surface area contributed by atoms with Crippen molar-refractivity contribution in [2.75, 3.05) is 31.1 Å². The number of hydrogen-bond acceptors (Lipinski definition) is 3. The molecule has 29 heavy (non-hydrogen) atoms. The van der Waals surface area contributed by atoms with Crippen molar-refractivity contribution in [3.8, 4) is 0 Å². The number of rotatable bonds is 5. The first kappa shape index (κ1) is 20.9. The van der Waals surface area contributed by atoms with Gasteiger partial charge < -0.3 is 15.1 Å². The Hall–Kier alpha value is -2.86. The molecule has 6 heteroatoms. The molecule has 3 rings (SSSR count). The van der Waals surface area contributed by atoms with Crippen LogP contribution in [0.1, 0.15) is 23.6 Å². The van der Waals surface area contributed by atoms with Gasteiger partial charge in [0.15, 0.2) is 6.04 Å². The molecule has 1 heterocycles. The van der Waals surface area contributed by atoms with Gasteiger partial charge in [-0.15, -0.1) is 0 Å². The molecule has 1 aliphatic heterocycles. The summed E-state index contributed by atoms with van der Waals surface area (Å²) in [5, 5.41) is 5.22. The van der Waals surface area contributed by atoms with Gasteiger partial charge in [0.25, 0.3) is 5.91 Å². The van der Waals surface area contributed by atoms with Crippen molar-refractivity contribution in [3.05, 3.63) is 65.2 Å². The summed E-state index contributed by atoms with van der Waals surface area (Å²) in [6.45, 7) is 10.1. The maximum absolute atomic E-state index is 12.5. The number of piperazine rings is 1. The summed E-state index contributed by atoms with van der Waals surface area (Å²) >= 11 is 0. The van der Waals surface area contributed by atoms with Gasteiger partial charge in [-0.1, -0.05) is 42.5 Å². The summed E-state index contributed by atoms with van der Waals surface area (Å²) in [7, 11) is 0. The number of quaternary nitrogens is 1. The fourth-order valence-electron chi connectivity index (χ4n) is 3.77. The molecule has 1 atom stereocenters. The van der Waals surface area contributed by atoms with Crippen LogP contribution in [0.2, 0.25) is 0 Å². The third kappa shape index (κ3) is 5.35. The Labute approximate surface area is 172 Å². The Bertz CT molecular complexity index is 845. The zero-order chi connectivity index (χ0) is 20.8. The highest BCUT2D eigenvalue weighted by molar-refractivity contribution is 5.96. The summed E-state index contributed by atoms with van der Waals surface area (Å²) in [4.78, 5) is 28.2. The lowest BCUT2D eigenvalue weighted by atomic mass is 10.1. The van der Waals surface area contributed by atoms with E-state index in [0.29, 0.717) is 6.54 Å². The van der Waals surface area contributed by atoms with Gasteiger partial charge in [0, 0.05) is 12.2 Å². The van der Waals surface area contributed by atoms with Crippen molar-refractivity contribution in [3.63, 3.8) is 0 Å². The number of anilines is 1. The molecule has 3 N–H and O–H groups in total. The number of carbonyl (C=O) groups is 2. The first-order chi connectivity index (χ1) is 14.0. The van der Waals surface area contributed by atoms with Crippen LogP contribution in [0.5, 0.6) is 0 Å². The fourth-order valence-corrected chi connectivity index (χ4v) is 3.77. The normalized spacial score (nSPS) is 15.6. The van der Waals surface area contributed by atoms with Crippen LogP contribution in [-0.2, 0) is 11.3 Å². The van der Waals surface area contributed by atoms with Crippen LogP contribution in [0.15, 0.2) is 48.5 Å². The zero-order valence-corrected chi connectivity index (χ0v) is 17.5. The van der Waals surface area contributed by atoms with Crippen LogP contribution in [0.4, 0.5) is 10.5 Å². The van der Waals surface area contributed by atoms with Crippen LogP contribution in [0.3, 0.4) is 0 Å². The molecule has 154 valence electrons. The second-order valence-electron chi connectivity index (χ2n) is 7.74. The van der Waals surface area contributed by atoms with E-state index in [-0.39, 0.29) is 11.9 Å². The SMILES string of the molecule is Cc1cccc(N2CC[NH+]([C@H](C)C(=O)NC(=O)NCc3ccccc3)CC2)c1C. The molecule has 2 aromatic rings. The second kappa shape index (κ2) is 9.56. The third-order valence-electron chi connectivity index (χ3n) is 5.86. The first-order valence-electron chi connectivity index (χ1n) is 10.2. The highest BCUT2D eigenvalue weighted by atomic mass is 16.2. The van der Waals surface area contributed by atoms with Crippen molar-refractivity contribution in [2.45, 2.75) is 33.4 Å². The highest BCUT2D eigenvalue weighted by Crippen LogP contribution is 2.22. The Morgan fingerprint density at radius 1 is 1.03 bits per heavy atom. The number of amides is 3. The minimum atomic E-state index is -0.445. The average Bonchev–Trinajstić information content (AvgIpc) is 2.74. The zero-order valence-electron chi connectivity index (χ0n) is 17.5. The molecule has 0 aromatic heterocycles. The van der Waals surface area contributed by atoms with Crippen molar-refractivity contribution in [1.29, 1.82) is 0 Å². The Balaban J connectivity index is 1.47. The molecule has 1 fully saturated rings. The van der Waals surface area contributed by atoms with Crippen molar-refractivity contribution >= 4 is 17.6 Å². The maximum atomic E-state index is 12.5. The second-order valence-corrected chi connectivity index (χ2v) is 7.74. The van der Waals surface area contributed by atoms with Crippen molar-refractivity contribution in [2.24, 2.45) is 0 Å². The van der Waals surface area contributed by atoms with Gasteiger partial charge in [0.2, 0.25) is 0 Å². The minimum Gasteiger partial charge on any atom is -0.360 e. The van der Waals surface area contributed by atoms with Crippen LogP contribution >= 0.6 is 0 Å². The van der Waals surface area contributed by atoms with E-state index >= 15 is 0 Å². The molecule has 0 spiro atoms. The van der Waals surface area contributed by atoms with Gasteiger partial charge in [0.1, 0.15) is 0 Å². The van der Waals surface area contributed by atoms with Gasteiger partial charge in [-0.05, 0) is 43.5 Å². The molecule has 3 amide bonds. The Kier molecular flexibility index (Phi) is 6.88. The number of aryl methyl sites for hydroxylation is 1. The van der Waals surface area contributed by atoms with E-state index in [9.17, 15) is 9.59 Å². The lowest BCUT2D eigenvalue weighted by Gasteiger charge is -2.36. The van der Waals surface area contributed by atoms with Crippen molar-refractivity contribution < 1.29 is 14.5 Å². The summed E-state index contributed by atoms with van der Waals surface area (Å²) < 4.78 is 0. The molecule has 0 bridgehead atoms. The molecule has 1 aliphatic rings. The molecule has 2 aromatic carbocycles. The van der Waals surface area contributed by atoms with E-state index in [1.54, 1.807) is 0 Å². The van der Waals surface area contributed by atoms with E-state index < -0.39 is 6.03 Å². The lowest BCUT2D eigenvalue weighted by Crippen LogP contribution is -3.19. The van der Waals surface area contributed by atoms with Crippen LogP contribution < -0.4 is 20.4 Å². The summed E-state index contributed by atoms with van der Waals surface area (Å²) in [5.41, 5.74) is 4.89. The number of benzene rings is 2. The molecule has 1 saturated heterocycles. The molecule has 0 unspecified atom stereocenters. The van der Waals surface area contributed by atoms with Gasteiger partial charge >= 0.3 is 6.03 Å². The van der Waals surface area contributed by atoms with E-state index in [2.05, 4.69) is 47.6 Å². The lowest BCUT2D eigenvalue weighted by molar-refractivity contribution is -0.914. The number of nitrogens with one attached hydrogen (secondary N) is 3. The molecule has 0 saturated carbocycles. The number of carbonyl (C=O) groups excluding carboxylic acids is 2. The van der Waals surface area contributed by atoms with Gasteiger partial charge in [-0.3, -0.25) is 10.1 Å². The van der Waals surface area contributed by atoms with Gasteiger partial charge in [-0.25, -0.2) is 4.79 Å². The monoisotopic (exact) mass is 395 g/mol. The first-order valence-corrected chi connectivity index (χ1v) is 10.2. The average molecular weight is 396 g/mol. The predicted octanol–water partition coefficient (Wildman–Crippen LogP) is 1.42. The third-order valence-corrected chi connectivity index (χ3v) is 5.86. The smallest absolute Gasteiger partial charge is 0.321 e. The van der Waals surface area contributed by atoms with E-state index in [4.69, 9.17) is 0 Å². The van der Waals surface area contributed by atoms with Crippen LogP contribution in [0, 0.1) is 13.8 Å². The topological polar surface area (TPSA) is 65.9 Å². The van der Waals surface area contributed by atoms with E-state index in [0.717, 1.165) is 31.7 Å². The van der Waals surface area contributed by atoms with E-state index in [1.165, 1.54) is 21.7 Å². The van der Waals surface area contributed by atoms with Gasteiger partial charge in [0.05, 0.1) is 26.2 Å². The van der Waals surface area contributed by atoms with E-state index in [1.807, 2.05) is 37.3 Å². The number of hydrogen-bond donors (Lipinski definition) is 3. The summed E-state index contributed by atoms with van der Waals surface area (Å²) in [5.74, 6) is -0.231. The molecular weight excluding hydrogens is 364 g/mol. The summed E-state index contributed by atoms with van der Waals surface area (Å²) in [6, 6.07) is 15.3.